The van der Waals surface area contributed by atoms with Crippen LogP contribution >= 0.6 is 0 Å². The van der Waals surface area contributed by atoms with Gasteiger partial charge in [-0.15, -0.1) is 0 Å². The lowest BCUT2D eigenvalue weighted by atomic mass is 9.97. The molecule has 0 bridgehead atoms. The van der Waals surface area contributed by atoms with Crippen LogP contribution in [0.5, 0.6) is 34.5 Å². The maximum Gasteiger partial charge on any atom is 0.157 e. The Hall–Kier alpha value is -3.54. The molecule has 3 aromatic carbocycles. The molecule has 158 valence electrons. The minimum atomic E-state index is -0.136. The molecule has 0 saturated carbocycles. The van der Waals surface area contributed by atoms with E-state index in [-0.39, 0.29) is 23.0 Å². The molecule has 0 radical (unpaired) electrons. The average Bonchev–Trinajstić information content (AvgIpc) is 2.75. The number of aryl methyl sites for hydroxylation is 4. The highest BCUT2D eigenvalue weighted by Crippen LogP contribution is 2.32. The Kier molecular flexibility index (Phi) is 6.57. The molecule has 0 saturated heterocycles. The molecule has 4 N–H and O–H groups in total. The van der Waals surface area contributed by atoms with Crippen LogP contribution in [0.25, 0.3) is 0 Å². The molecule has 3 aromatic rings. The van der Waals surface area contributed by atoms with Crippen molar-refractivity contribution < 1.29 is 29.9 Å². The van der Waals surface area contributed by atoms with Crippen LogP contribution in [0.1, 0.15) is 22.3 Å². The Bertz CT molecular complexity index is 950. The van der Waals surface area contributed by atoms with Crippen molar-refractivity contribution in [3.8, 4) is 34.5 Å². The molecule has 0 fully saturated rings. The van der Waals surface area contributed by atoms with Crippen molar-refractivity contribution in [2.45, 2.75) is 25.7 Å². The van der Waals surface area contributed by atoms with Gasteiger partial charge in [-0.1, -0.05) is 12.1 Å². The lowest BCUT2D eigenvalue weighted by molar-refractivity contribution is 0.387. The van der Waals surface area contributed by atoms with Crippen molar-refractivity contribution in [2.75, 3.05) is 14.2 Å². The quantitative estimate of drug-likeness (QED) is 0.417. The Balaban J connectivity index is 1.80. The summed E-state index contributed by atoms with van der Waals surface area (Å²) < 4.78 is 11.1. The zero-order chi connectivity index (χ0) is 21.7. The Labute approximate surface area is 175 Å². The fraction of sp³-hybridized carbons (Fsp3) is 0.250. The zero-order valence-corrected chi connectivity index (χ0v) is 17.1. The molecule has 0 unspecified atom stereocenters. The lowest BCUT2D eigenvalue weighted by Gasteiger charge is -2.15. The largest absolute Gasteiger partial charge is 0.504 e. The molecule has 6 heteroatoms. The van der Waals surface area contributed by atoms with Crippen LogP contribution in [-0.2, 0) is 25.7 Å². The minimum absolute atomic E-state index is 0.132. The van der Waals surface area contributed by atoms with Crippen molar-refractivity contribution in [1.29, 1.82) is 0 Å². The number of ether oxygens (including phenoxy) is 2. The topological polar surface area (TPSA) is 99.4 Å². The van der Waals surface area contributed by atoms with E-state index in [4.69, 9.17) is 9.47 Å². The van der Waals surface area contributed by atoms with Gasteiger partial charge in [0.25, 0.3) is 0 Å². The standard InChI is InChI=1S/C24H26O6/c1-29-23-14-24(30-2)18(8-4-16-6-10-20(26)22(28)12-16)13-17(23)7-3-15-5-9-19(25)21(27)11-15/h5-6,9-14,25-28H,3-4,7-8H2,1-2H3. The van der Waals surface area contributed by atoms with E-state index in [1.54, 1.807) is 38.5 Å². The molecule has 0 aliphatic rings. The SMILES string of the molecule is COc1cc(OC)c(CCc2ccc(O)c(O)c2)cc1CCc1ccc(O)c(O)c1. The maximum atomic E-state index is 9.70. The molecule has 6 nitrogen and oxygen atoms in total. The van der Waals surface area contributed by atoms with Gasteiger partial charge >= 0.3 is 0 Å². The second-order valence-corrected chi connectivity index (χ2v) is 7.12. The van der Waals surface area contributed by atoms with E-state index in [0.717, 1.165) is 33.8 Å². The molecule has 0 amide bonds. The van der Waals surface area contributed by atoms with Crippen molar-refractivity contribution in [3.05, 3.63) is 70.8 Å². The fourth-order valence-electron chi connectivity index (χ4n) is 3.43. The van der Waals surface area contributed by atoms with Crippen LogP contribution in [0.15, 0.2) is 48.5 Å². The summed E-state index contributed by atoms with van der Waals surface area (Å²) in [6.07, 6.45) is 2.71. The van der Waals surface area contributed by atoms with E-state index in [9.17, 15) is 20.4 Å². The molecular weight excluding hydrogens is 384 g/mol. The minimum Gasteiger partial charge on any atom is -0.504 e. The van der Waals surface area contributed by atoms with Crippen LogP contribution in [0.3, 0.4) is 0 Å². The Morgan fingerprint density at radius 2 is 0.967 bits per heavy atom. The van der Waals surface area contributed by atoms with Gasteiger partial charge in [-0.2, -0.15) is 0 Å². The van der Waals surface area contributed by atoms with E-state index in [1.807, 2.05) is 6.07 Å². The molecule has 0 atom stereocenters. The number of hydrogen-bond donors (Lipinski definition) is 4. The molecule has 0 aliphatic carbocycles. The summed E-state index contributed by atoms with van der Waals surface area (Å²) in [4.78, 5) is 0. The summed E-state index contributed by atoms with van der Waals surface area (Å²) in [6, 6.07) is 13.6. The number of rotatable bonds is 8. The van der Waals surface area contributed by atoms with Crippen LogP contribution in [-0.4, -0.2) is 34.6 Å². The average molecular weight is 410 g/mol. The summed E-state index contributed by atoms with van der Waals surface area (Å²) in [6.45, 7) is 0. The summed E-state index contributed by atoms with van der Waals surface area (Å²) >= 11 is 0. The second-order valence-electron chi connectivity index (χ2n) is 7.12. The number of aromatic hydroxyl groups is 4. The van der Waals surface area contributed by atoms with E-state index < -0.39 is 0 Å². The van der Waals surface area contributed by atoms with Gasteiger partial charge in [-0.3, -0.25) is 0 Å². The van der Waals surface area contributed by atoms with Gasteiger partial charge in [0.15, 0.2) is 23.0 Å². The van der Waals surface area contributed by atoms with E-state index >= 15 is 0 Å². The van der Waals surface area contributed by atoms with Gasteiger partial charge in [0.05, 0.1) is 14.2 Å². The Morgan fingerprint density at radius 3 is 1.33 bits per heavy atom. The maximum absolute atomic E-state index is 9.70. The number of methoxy groups -OCH3 is 2. The van der Waals surface area contributed by atoms with E-state index in [2.05, 4.69) is 6.07 Å². The predicted molar refractivity (Wildman–Crippen MR) is 114 cm³/mol. The number of phenolic OH excluding ortho intramolecular Hbond substituents is 4. The van der Waals surface area contributed by atoms with Gasteiger partial charge in [0.2, 0.25) is 0 Å². The predicted octanol–water partition coefficient (Wildman–Crippen LogP) is 4.10. The highest BCUT2D eigenvalue weighted by molar-refractivity contribution is 5.48. The van der Waals surface area contributed by atoms with Gasteiger partial charge in [0, 0.05) is 6.07 Å². The summed E-state index contributed by atoms with van der Waals surface area (Å²) in [7, 11) is 3.23. The second kappa shape index (κ2) is 9.31. The number of benzene rings is 3. The Morgan fingerprint density at radius 1 is 0.533 bits per heavy atom. The number of hydrogen-bond acceptors (Lipinski definition) is 6. The van der Waals surface area contributed by atoms with E-state index in [1.165, 1.54) is 12.1 Å². The molecule has 3 rings (SSSR count). The van der Waals surface area contributed by atoms with Gasteiger partial charge < -0.3 is 29.9 Å². The smallest absolute Gasteiger partial charge is 0.157 e. The van der Waals surface area contributed by atoms with Gasteiger partial charge in [0.1, 0.15) is 11.5 Å². The lowest BCUT2D eigenvalue weighted by Crippen LogP contribution is -2.02. The summed E-state index contributed by atoms with van der Waals surface area (Å²) in [5.74, 6) is 0.910. The fourth-order valence-corrected chi connectivity index (χ4v) is 3.43. The van der Waals surface area contributed by atoms with E-state index in [0.29, 0.717) is 25.7 Å². The van der Waals surface area contributed by atoms with Crippen molar-refractivity contribution >= 4 is 0 Å². The first-order chi connectivity index (χ1) is 14.4. The van der Waals surface area contributed by atoms with Gasteiger partial charge in [-0.25, -0.2) is 0 Å². The third-order valence-corrected chi connectivity index (χ3v) is 5.13. The van der Waals surface area contributed by atoms with Crippen molar-refractivity contribution in [1.82, 2.24) is 0 Å². The molecule has 0 aromatic heterocycles. The van der Waals surface area contributed by atoms with Crippen LogP contribution in [0.2, 0.25) is 0 Å². The first kappa shape index (κ1) is 21.2. The number of phenols is 4. The summed E-state index contributed by atoms with van der Waals surface area (Å²) in [5.41, 5.74) is 3.83. The molecule has 0 heterocycles. The first-order valence-electron chi connectivity index (χ1n) is 9.66. The summed E-state index contributed by atoms with van der Waals surface area (Å²) in [5, 5.41) is 38.4. The molecule has 0 aliphatic heterocycles. The first-order valence-corrected chi connectivity index (χ1v) is 9.66. The molecular formula is C24H26O6. The third-order valence-electron chi connectivity index (χ3n) is 5.13. The van der Waals surface area contributed by atoms with Crippen LogP contribution < -0.4 is 9.47 Å². The highest BCUT2D eigenvalue weighted by Gasteiger charge is 2.13. The van der Waals surface area contributed by atoms with Crippen LogP contribution in [0.4, 0.5) is 0 Å². The van der Waals surface area contributed by atoms with Crippen molar-refractivity contribution in [2.24, 2.45) is 0 Å². The van der Waals surface area contributed by atoms with Crippen LogP contribution in [0, 0.1) is 0 Å². The third kappa shape index (κ3) is 4.89. The van der Waals surface area contributed by atoms with Crippen molar-refractivity contribution in [3.63, 3.8) is 0 Å². The molecule has 0 spiro atoms. The zero-order valence-electron chi connectivity index (χ0n) is 17.1. The normalized spacial score (nSPS) is 10.7. The molecule has 30 heavy (non-hydrogen) atoms. The highest BCUT2D eigenvalue weighted by atomic mass is 16.5. The monoisotopic (exact) mass is 410 g/mol. The van der Waals surface area contributed by atoms with Gasteiger partial charge in [-0.05, 0) is 78.3 Å².